The minimum Gasteiger partial charge on any atom is -0.499 e. The second kappa shape index (κ2) is 35.0. The molecule has 0 aromatic carbocycles. The van der Waals surface area contributed by atoms with Gasteiger partial charge in [0.05, 0.1) is 19.0 Å². The average Bonchev–Trinajstić information content (AvgIpc) is 2.90. The van der Waals surface area contributed by atoms with Gasteiger partial charge in [0.2, 0.25) is 0 Å². The molecule has 222 valence electrons. The Hall–Kier alpha value is -0.960. The lowest BCUT2D eigenvalue weighted by atomic mass is 10.1. The quantitative estimate of drug-likeness (QED) is 0.0719. The number of hydrogen-bond acceptors (Lipinski definition) is 3. The molecule has 0 unspecified atom stereocenters. The Morgan fingerprint density at radius 3 is 1.11 bits per heavy atom. The van der Waals surface area contributed by atoms with Crippen LogP contribution in [-0.2, 0) is 14.2 Å². The summed E-state index contributed by atoms with van der Waals surface area (Å²) in [6, 6.07) is 0. The van der Waals surface area contributed by atoms with Crippen LogP contribution >= 0.6 is 0 Å². The van der Waals surface area contributed by atoms with Crippen molar-refractivity contribution in [2.75, 3.05) is 26.4 Å². The third-order valence-electron chi connectivity index (χ3n) is 6.61. The van der Waals surface area contributed by atoms with Crippen molar-refractivity contribution in [1.29, 1.82) is 0 Å². The fourth-order valence-electron chi connectivity index (χ4n) is 4.09. The molecule has 3 heteroatoms. The smallest absolute Gasteiger partial charge is 0.114 e. The van der Waals surface area contributed by atoms with Crippen molar-refractivity contribution in [2.45, 2.75) is 169 Å². The Bertz CT molecular complexity index is 446. The van der Waals surface area contributed by atoms with Crippen LogP contribution in [0.3, 0.4) is 0 Å². The van der Waals surface area contributed by atoms with Gasteiger partial charge in [-0.15, -0.1) is 0 Å². The fourth-order valence-corrected chi connectivity index (χ4v) is 4.09. The minimum atomic E-state index is 0.547. The molecule has 0 saturated heterocycles. The van der Waals surface area contributed by atoms with Gasteiger partial charge in [0.25, 0.3) is 0 Å². The molecule has 0 N–H and O–H groups in total. The third-order valence-corrected chi connectivity index (χ3v) is 6.61. The molecule has 0 aliphatic rings. The zero-order valence-corrected chi connectivity index (χ0v) is 26.0. The first-order valence-electron chi connectivity index (χ1n) is 16.3. The maximum Gasteiger partial charge on any atom is 0.114 e. The van der Waals surface area contributed by atoms with Crippen LogP contribution < -0.4 is 0 Å². The van der Waals surface area contributed by atoms with E-state index in [0.717, 1.165) is 50.6 Å². The SMILES string of the molecule is C=C(CC)OCCCCCCCCCCCC.C=C(COCCC)OCCCCCCCCCCCC. The minimum absolute atomic E-state index is 0.547. The molecular formula is C34H68O3. The first-order chi connectivity index (χ1) is 18.1. The van der Waals surface area contributed by atoms with Crippen LogP contribution in [0.15, 0.2) is 24.7 Å². The average molecular weight is 525 g/mol. The summed E-state index contributed by atoms with van der Waals surface area (Å²) in [5, 5.41) is 0. The third kappa shape index (κ3) is 37.3. The summed E-state index contributed by atoms with van der Waals surface area (Å²) < 4.78 is 16.4. The van der Waals surface area contributed by atoms with E-state index in [1.807, 2.05) is 0 Å². The Balaban J connectivity index is 0. The molecule has 0 aromatic rings. The zero-order valence-electron chi connectivity index (χ0n) is 26.0. The van der Waals surface area contributed by atoms with Crippen molar-refractivity contribution in [3.8, 4) is 0 Å². The second-order valence-corrected chi connectivity index (χ2v) is 10.5. The van der Waals surface area contributed by atoms with Crippen LogP contribution in [0.4, 0.5) is 0 Å². The van der Waals surface area contributed by atoms with Gasteiger partial charge in [0.15, 0.2) is 0 Å². The molecule has 0 radical (unpaired) electrons. The summed E-state index contributed by atoms with van der Waals surface area (Å²) in [7, 11) is 0. The summed E-state index contributed by atoms with van der Waals surface area (Å²) >= 11 is 0. The highest BCUT2D eigenvalue weighted by atomic mass is 16.5. The predicted molar refractivity (Wildman–Crippen MR) is 165 cm³/mol. The maximum absolute atomic E-state index is 5.54. The van der Waals surface area contributed by atoms with Gasteiger partial charge in [-0.2, -0.15) is 0 Å². The molecule has 0 atom stereocenters. The molecule has 0 fully saturated rings. The topological polar surface area (TPSA) is 27.7 Å². The molecule has 0 aliphatic carbocycles. The highest BCUT2D eigenvalue weighted by Crippen LogP contribution is 2.12. The van der Waals surface area contributed by atoms with E-state index in [9.17, 15) is 0 Å². The predicted octanol–water partition coefficient (Wildman–Crippen LogP) is 11.7. The van der Waals surface area contributed by atoms with Crippen molar-refractivity contribution in [3.63, 3.8) is 0 Å². The summed E-state index contributed by atoms with van der Waals surface area (Å²) in [4.78, 5) is 0. The van der Waals surface area contributed by atoms with Crippen LogP contribution in [0, 0.1) is 0 Å². The number of ether oxygens (including phenoxy) is 3. The van der Waals surface area contributed by atoms with E-state index in [-0.39, 0.29) is 0 Å². The summed E-state index contributed by atoms with van der Waals surface area (Å²) in [6.45, 7) is 19.4. The van der Waals surface area contributed by atoms with Gasteiger partial charge >= 0.3 is 0 Å². The summed E-state index contributed by atoms with van der Waals surface area (Å²) in [6.07, 6.45) is 29.3. The molecule has 0 aliphatic heterocycles. The molecular weight excluding hydrogens is 456 g/mol. The number of hydrogen-bond donors (Lipinski definition) is 0. The summed E-state index contributed by atoms with van der Waals surface area (Å²) in [5.74, 6) is 1.70. The van der Waals surface area contributed by atoms with Crippen molar-refractivity contribution < 1.29 is 14.2 Å². The first kappa shape index (κ1) is 38.2. The van der Waals surface area contributed by atoms with Crippen molar-refractivity contribution in [1.82, 2.24) is 0 Å². The van der Waals surface area contributed by atoms with Crippen molar-refractivity contribution in [3.05, 3.63) is 24.7 Å². The molecule has 37 heavy (non-hydrogen) atoms. The Kier molecular flexibility index (Phi) is 36.2. The molecule has 0 bridgehead atoms. The largest absolute Gasteiger partial charge is 0.499 e. The van der Waals surface area contributed by atoms with E-state index in [0.29, 0.717) is 6.61 Å². The van der Waals surface area contributed by atoms with Crippen LogP contribution in [-0.4, -0.2) is 26.4 Å². The molecule has 0 heterocycles. The Morgan fingerprint density at radius 1 is 0.405 bits per heavy atom. The highest BCUT2D eigenvalue weighted by molar-refractivity contribution is 4.81. The maximum atomic E-state index is 5.54. The number of unbranched alkanes of at least 4 members (excludes halogenated alkanes) is 18. The lowest BCUT2D eigenvalue weighted by Crippen LogP contribution is -2.03. The molecule has 0 saturated carbocycles. The first-order valence-corrected chi connectivity index (χ1v) is 16.3. The van der Waals surface area contributed by atoms with E-state index in [4.69, 9.17) is 14.2 Å². The van der Waals surface area contributed by atoms with Crippen LogP contribution in [0.5, 0.6) is 0 Å². The molecule has 0 aromatic heterocycles. The van der Waals surface area contributed by atoms with Gasteiger partial charge in [0.1, 0.15) is 12.4 Å². The van der Waals surface area contributed by atoms with Crippen LogP contribution in [0.1, 0.15) is 169 Å². The second-order valence-electron chi connectivity index (χ2n) is 10.5. The van der Waals surface area contributed by atoms with Crippen LogP contribution in [0.25, 0.3) is 0 Å². The van der Waals surface area contributed by atoms with Crippen molar-refractivity contribution in [2.24, 2.45) is 0 Å². The molecule has 0 spiro atoms. The number of rotatable bonds is 29. The molecule has 3 nitrogen and oxygen atoms in total. The molecule has 0 amide bonds. The van der Waals surface area contributed by atoms with Gasteiger partial charge in [-0.3, -0.25) is 0 Å². The van der Waals surface area contributed by atoms with Gasteiger partial charge in [-0.25, -0.2) is 0 Å². The van der Waals surface area contributed by atoms with E-state index < -0.39 is 0 Å². The van der Waals surface area contributed by atoms with Gasteiger partial charge in [-0.1, -0.05) is 156 Å². The van der Waals surface area contributed by atoms with Crippen molar-refractivity contribution >= 4 is 0 Å². The monoisotopic (exact) mass is 525 g/mol. The highest BCUT2D eigenvalue weighted by Gasteiger charge is 1.97. The normalized spacial score (nSPS) is 10.6. The van der Waals surface area contributed by atoms with E-state index in [1.165, 1.54) is 122 Å². The standard InChI is InChI=1S/C18H36O2.C16H32O/c1-4-6-7-8-9-10-11-12-13-14-16-20-18(3)17-19-15-5-2;1-4-6-7-8-9-10-11-12-13-14-15-17-16(3)5-2/h3-17H2,1-2H3;3-15H2,1-2H3. The van der Waals surface area contributed by atoms with Gasteiger partial charge in [-0.05, 0) is 19.3 Å². The summed E-state index contributed by atoms with van der Waals surface area (Å²) in [5.41, 5.74) is 0. The van der Waals surface area contributed by atoms with E-state index >= 15 is 0 Å². The fraction of sp³-hybridized carbons (Fsp3) is 0.882. The van der Waals surface area contributed by atoms with Gasteiger partial charge in [0, 0.05) is 13.0 Å². The number of allylic oxidation sites excluding steroid dienone is 1. The van der Waals surface area contributed by atoms with E-state index in [2.05, 4.69) is 40.9 Å². The van der Waals surface area contributed by atoms with E-state index in [1.54, 1.807) is 0 Å². The van der Waals surface area contributed by atoms with Crippen LogP contribution in [0.2, 0.25) is 0 Å². The van der Waals surface area contributed by atoms with Gasteiger partial charge < -0.3 is 14.2 Å². The Morgan fingerprint density at radius 2 is 0.757 bits per heavy atom. The zero-order chi connectivity index (χ0) is 27.7. The lowest BCUT2D eigenvalue weighted by Gasteiger charge is -2.09. The lowest BCUT2D eigenvalue weighted by molar-refractivity contribution is 0.0973. The Labute approximate surface area is 234 Å². The molecule has 0 rings (SSSR count).